The van der Waals surface area contributed by atoms with Crippen molar-refractivity contribution in [1.29, 1.82) is 0 Å². The van der Waals surface area contributed by atoms with Gasteiger partial charge < -0.3 is 4.74 Å². The Morgan fingerprint density at radius 1 is 1.25 bits per heavy atom. The minimum absolute atomic E-state index is 0.238. The number of aryl methyl sites for hydroxylation is 2. The number of methoxy groups -OCH3 is 1. The number of rotatable bonds is 5. The molecule has 0 saturated carbocycles. The highest BCUT2D eigenvalue weighted by atomic mass is 32.2. The predicted molar refractivity (Wildman–Crippen MR) is 95.1 cm³/mol. The van der Waals surface area contributed by atoms with Crippen molar-refractivity contribution < 1.29 is 13.2 Å². The molecule has 8 heteroatoms. The largest absolute Gasteiger partial charge is 0.495 e. The lowest BCUT2D eigenvalue weighted by Crippen LogP contribution is -2.12. The first kappa shape index (κ1) is 16.5. The Balaban J connectivity index is 1.93. The van der Waals surface area contributed by atoms with E-state index in [4.69, 9.17) is 4.74 Å². The Labute approximate surface area is 144 Å². The quantitative estimate of drug-likeness (QED) is 0.755. The van der Waals surface area contributed by atoms with Gasteiger partial charge in [-0.3, -0.25) is 9.40 Å². The maximum atomic E-state index is 12.7. The van der Waals surface area contributed by atoms with E-state index >= 15 is 0 Å². The number of nitrogens with zero attached hydrogens (tertiary/aromatic N) is 2. The number of sulfonamides is 1. The minimum atomic E-state index is -3.69. The molecule has 0 aliphatic heterocycles. The summed E-state index contributed by atoms with van der Waals surface area (Å²) in [7, 11) is -0.362. The maximum absolute atomic E-state index is 12.7. The van der Waals surface area contributed by atoms with Crippen LogP contribution in [0.15, 0.2) is 46.1 Å². The molecule has 1 aromatic carbocycles. The fraction of sp³-hybridized carbons (Fsp3) is 0.188. The molecule has 2 aromatic heterocycles. The first-order valence-electron chi connectivity index (χ1n) is 7.15. The van der Waals surface area contributed by atoms with Crippen LogP contribution in [0.5, 0.6) is 5.75 Å². The van der Waals surface area contributed by atoms with Crippen LogP contribution in [-0.4, -0.2) is 25.3 Å². The lowest BCUT2D eigenvalue weighted by atomic mass is 10.2. The second-order valence-corrected chi connectivity index (χ2v) is 8.12. The maximum Gasteiger partial charge on any atom is 0.271 e. The molecule has 24 heavy (non-hydrogen) atoms. The van der Waals surface area contributed by atoms with Crippen molar-refractivity contribution in [1.82, 2.24) is 9.78 Å². The van der Waals surface area contributed by atoms with E-state index < -0.39 is 10.0 Å². The van der Waals surface area contributed by atoms with Gasteiger partial charge in [0.25, 0.3) is 10.0 Å². The Morgan fingerprint density at radius 2 is 2.04 bits per heavy atom. The van der Waals surface area contributed by atoms with Gasteiger partial charge in [0.15, 0.2) is 0 Å². The molecule has 126 valence electrons. The molecular formula is C16H17N3O3S2. The van der Waals surface area contributed by atoms with Gasteiger partial charge in [-0.05, 0) is 36.8 Å². The van der Waals surface area contributed by atoms with Gasteiger partial charge in [0.2, 0.25) is 0 Å². The summed E-state index contributed by atoms with van der Waals surface area (Å²) >= 11 is 1.17. The Kier molecular flexibility index (Phi) is 4.33. The third kappa shape index (κ3) is 3.15. The summed E-state index contributed by atoms with van der Waals surface area (Å²) in [4.78, 5) is 0. The molecule has 0 unspecified atom stereocenters. The van der Waals surface area contributed by atoms with Crippen LogP contribution in [0.3, 0.4) is 0 Å². The lowest BCUT2D eigenvalue weighted by Gasteiger charge is -2.11. The highest BCUT2D eigenvalue weighted by Gasteiger charge is 2.20. The molecule has 0 spiro atoms. The van der Waals surface area contributed by atoms with Crippen LogP contribution in [0.4, 0.5) is 5.69 Å². The normalized spacial score (nSPS) is 11.5. The van der Waals surface area contributed by atoms with Crippen molar-refractivity contribution >= 4 is 27.0 Å². The van der Waals surface area contributed by atoms with Gasteiger partial charge in [0.1, 0.15) is 9.96 Å². The summed E-state index contributed by atoms with van der Waals surface area (Å²) in [5.41, 5.74) is 3.04. The molecule has 0 bridgehead atoms. The number of anilines is 1. The van der Waals surface area contributed by atoms with Gasteiger partial charge in [-0.15, -0.1) is 11.3 Å². The number of benzene rings is 1. The fourth-order valence-electron chi connectivity index (χ4n) is 2.35. The van der Waals surface area contributed by atoms with Crippen LogP contribution in [0, 0.1) is 6.92 Å². The number of aromatic nitrogens is 2. The lowest BCUT2D eigenvalue weighted by molar-refractivity contribution is 0.417. The average Bonchev–Trinajstić information content (AvgIpc) is 3.16. The van der Waals surface area contributed by atoms with Crippen LogP contribution in [0.25, 0.3) is 11.3 Å². The van der Waals surface area contributed by atoms with Crippen LogP contribution >= 0.6 is 11.3 Å². The fourth-order valence-corrected chi connectivity index (χ4v) is 4.58. The Morgan fingerprint density at radius 3 is 2.71 bits per heavy atom. The zero-order valence-corrected chi connectivity index (χ0v) is 15.1. The van der Waals surface area contributed by atoms with Gasteiger partial charge in [0.05, 0.1) is 18.5 Å². The van der Waals surface area contributed by atoms with Gasteiger partial charge in [-0.1, -0.05) is 6.07 Å². The Hall–Kier alpha value is -2.32. The third-order valence-corrected chi connectivity index (χ3v) is 6.36. The number of hydrogen-bond donors (Lipinski definition) is 1. The standard InChI is InChI=1S/C16H17N3O3S2/c1-11-4-5-15(22-3)13(8-11)18-24(20,21)16-9-12(10-23-16)14-6-7-17-19(14)2/h4-10,18H,1-3H3. The predicted octanol–water partition coefficient (Wildman–Crippen LogP) is 3.27. The highest BCUT2D eigenvalue weighted by molar-refractivity contribution is 7.94. The molecule has 0 fully saturated rings. The summed E-state index contributed by atoms with van der Waals surface area (Å²) in [6.45, 7) is 1.89. The van der Waals surface area contributed by atoms with E-state index in [0.717, 1.165) is 16.8 Å². The van der Waals surface area contributed by atoms with Gasteiger partial charge in [0, 0.05) is 24.2 Å². The van der Waals surface area contributed by atoms with Crippen LogP contribution in [-0.2, 0) is 17.1 Å². The summed E-state index contributed by atoms with van der Waals surface area (Å²) < 4.78 is 35.1. The van der Waals surface area contributed by atoms with Gasteiger partial charge >= 0.3 is 0 Å². The van der Waals surface area contributed by atoms with E-state index in [1.807, 2.05) is 26.1 Å². The average molecular weight is 363 g/mol. The molecule has 0 amide bonds. The summed E-state index contributed by atoms with van der Waals surface area (Å²) in [5, 5.41) is 5.91. The van der Waals surface area contributed by atoms with Crippen molar-refractivity contribution in [2.45, 2.75) is 11.1 Å². The zero-order valence-electron chi connectivity index (χ0n) is 13.5. The SMILES string of the molecule is COc1ccc(C)cc1NS(=O)(=O)c1cc(-c2ccnn2C)cs1. The van der Waals surface area contributed by atoms with Gasteiger partial charge in [-0.25, -0.2) is 8.42 Å². The molecule has 0 aliphatic carbocycles. The van der Waals surface area contributed by atoms with E-state index in [0.29, 0.717) is 11.4 Å². The molecule has 0 saturated heterocycles. The van der Waals surface area contributed by atoms with Crippen molar-refractivity contribution in [3.8, 4) is 17.0 Å². The smallest absolute Gasteiger partial charge is 0.271 e. The number of ether oxygens (including phenoxy) is 1. The third-order valence-electron chi connectivity index (χ3n) is 3.56. The molecule has 3 aromatic rings. The molecule has 2 heterocycles. The molecule has 1 N–H and O–H groups in total. The van der Waals surface area contributed by atoms with Crippen molar-refractivity contribution in [2.75, 3.05) is 11.8 Å². The number of hydrogen-bond acceptors (Lipinski definition) is 5. The van der Waals surface area contributed by atoms with Gasteiger partial charge in [-0.2, -0.15) is 5.10 Å². The minimum Gasteiger partial charge on any atom is -0.495 e. The second-order valence-electron chi connectivity index (χ2n) is 5.30. The first-order chi connectivity index (χ1) is 11.4. The van der Waals surface area contributed by atoms with Crippen LogP contribution in [0.2, 0.25) is 0 Å². The van der Waals surface area contributed by atoms with Crippen molar-refractivity contribution in [3.63, 3.8) is 0 Å². The first-order valence-corrected chi connectivity index (χ1v) is 9.51. The van der Waals surface area contributed by atoms with Crippen molar-refractivity contribution in [3.05, 3.63) is 47.5 Å². The topological polar surface area (TPSA) is 73.2 Å². The van der Waals surface area contributed by atoms with Crippen LogP contribution in [0.1, 0.15) is 5.56 Å². The molecule has 6 nitrogen and oxygen atoms in total. The number of thiophene rings is 1. The summed E-state index contributed by atoms with van der Waals surface area (Å²) in [5.74, 6) is 0.479. The van der Waals surface area contributed by atoms with E-state index in [-0.39, 0.29) is 4.21 Å². The molecular weight excluding hydrogens is 346 g/mol. The monoisotopic (exact) mass is 363 g/mol. The molecule has 0 atom stereocenters. The Bertz CT molecular complexity index is 974. The summed E-state index contributed by atoms with van der Waals surface area (Å²) in [6.07, 6.45) is 1.68. The van der Waals surface area contributed by atoms with E-state index in [9.17, 15) is 8.42 Å². The van der Waals surface area contributed by atoms with Crippen LogP contribution < -0.4 is 9.46 Å². The summed E-state index contributed by atoms with van der Waals surface area (Å²) in [6, 6.07) is 8.83. The highest BCUT2D eigenvalue weighted by Crippen LogP contribution is 2.32. The molecule has 3 rings (SSSR count). The zero-order chi connectivity index (χ0) is 17.3. The number of nitrogens with one attached hydrogen (secondary N) is 1. The van der Waals surface area contributed by atoms with Crippen molar-refractivity contribution in [2.24, 2.45) is 7.05 Å². The second kappa shape index (κ2) is 6.29. The van der Waals surface area contributed by atoms with E-state index in [1.54, 1.807) is 34.5 Å². The molecule has 0 aliphatic rings. The van der Waals surface area contributed by atoms with E-state index in [1.165, 1.54) is 18.4 Å². The van der Waals surface area contributed by atoms with E-state index in [2.05, 4.69) is 9.82 Å². The molecule has 0 radical (unpaired) electrons.